The largest absolute Gasteiger partial charge is 0.358 e. The fourth-order valence-electron chi connectivity index (χ4n) is 2.13. The fraction of sp³-hybridized carbons (Fsp3) is 0. The number of aromatic nitrogens is 1. The number of aromatic amines is 1. The van der Waals surface area contributed by atoms with Gasteiger partial charge in [-0.25, -0.2) is 8.42 Å². The number of fused-ring (bicyclic) bond motifs is 1. The molecular weight excluding hydrogens is 324 g/mol. The Morgan fingerprint density at radius 2 is 1.82 bits per heavy atom. The highest BCUT2D eigenvalue weighted by Gasteiger charge is 2.16. The highest BCUT2D eigenvalue weighted by Crippen LogP contribution is 2.29. The predicted octanol–water partition coefficient (Wildman–Crippen LogP) is 3.43. The Balaban J connectivity index is 2.00. The van der Waals surface area contributed by atoms with Crippen LogP contribution in [0.1, 0.15) is 10.4 Å². The van der Waals surface area contributed by atoms with Gasteiger partial charge in [-0.15, -0.1) is 0 Å². The third kappa shape index (κ3) is 2.58. The lowest BCUT2D eigenvalue weighted by Crippen LogP contribution is -2.13. The second-order valence-electron chi connectivity index (χ2n) is 4.66. The van der Waals surface area contributed by atoms with Crippen LogP contribution >= 0.6 is 11.6 Å². The number of H-pyrrole nitrogens is 1. The van der Waals surface area contributed by atoms with Crippen LogP contribution in [0.2, 0.25) is 5.02 Å². The molecule has 0 saturated carbocycles. The molecule has 2 aromatic carbocycles. The van der Waals surface area contributed by atoms with Crippen molar-refractivity contribution >= 4 is 44.5 Å². The number of rotatable bonds is 4. The zero-order valence-electron chi connectivity index (χ0n) is 11.2. The molecule has 0 saturated heterocycles. The number of hydrogen-bond acceptors (Lipinski definition) is 3. The quantitative estimate of drug-likeness (QED) is 0.717. The zero-order chi connectivity index (χ0) is 15.7. The molecule has 0 unspecified atom stereocenters. The number of hydrogen-bond donors (Lipinski definition) is 2. The molecule has 0 aliphatic carbocycles. The maximum absolute atomic E-state index is 12.4. The number of carbonyl (C=O) groups excluding carboxylic acids is 1. The maximum Gasteiger partial charge on any atom is 0.261 e. The summed E-state index contributed by atoms with van der Waals surface area (Å²) in [5.74, 6) is 0. The van der Waals surface area contributed by atoms with Gasteiger partial charge in [-0.2, -0.15) is 0 Å². The van der Waals surface area contributed by atoms with Gasteiger partial charge in [0, 0.05) is 17.1 Å². The van der Waals surface area contributed by atoms with Gasteiger partial charge < -0.3 is 4.98 Å². The SMILES string of the molecule is O=Cc1ccc(S(=O)(=O)Nc2cccc3c(Cl)c[nH]c23)cc1. The number of para-hydroxylation sites is 1. The molecule has 3 rings (SSSR count). The van der Waals surface area contributed by atoms with Crippen molar-refractivity contribution in [3.05, 3.63) is 59.2 Å². The van der Waals surface area contributed by atoms with E-state index in [0.717, 1.165) is 5.39 Å². The number of aldehydes is 1. The summed E-state index contributed by atoms with van der Waals surface area (Å²) in [5.41, 5.74) is 1.43. The Kier molecular flexibility index (Phi) is 3.64. The summed E-state index contributed by atoms with van der Waals surface area (Å²) in [6, 6.07) is 10.8. The number of sulfonamides is 1. The minimum Gasteiger partial charge on any atom is -0.358 e. The maximum atomic E-state index is 12.4. The summed E-state index contributed by atoms with van der Waals surface area (Å²) in [7, 11) is -3.75. The van der Waals surface area contributed by atoms with Crippen LogP contribution in [0.15, 0.2) is 53.6 Å². The first kappa shape index (κ1) is 14.6. The highest BCUT2D eigenvalue weighted by atomic mass is 35.5. The molecule has 1 aromatic heterocycles. The van der Waals surface area contributed by atoms with Crippen LogP contribution < -0.4 is 4.72 Å². The Bertz CT molecular complexity index is 947. The van der Waals surface area contributed by atoms with Crippen molar-refractivity contribution in [2.75, 3.05) is 4.72 Å². The molecule has 3 aromatic rings. The summed E-state index contributed by atoms with van der Waals surface area (Å²) < 4.78 is 27.3. The van der Waals surface area contributed by atoms with E-state index in [1.807, 2.05) is 0 Å². The second-order valence-corrected chi connectivity index (χ2v) is 6.75. The van der Waals surface area contributed by atoms with E-state index < -0.39 is 10.0 Å². The standard InChI is InChI=1S/C15H11ClN2O3S/c16-13-8-17-15-12(13)2-1-3-14(15)18-22(20,21)11-6-4-10(9-19)5-7-11/h1-9,17-18H. The normalized spacial score (nSPS) is 11.5. The van der Waals surface area contributed by atoms with Gasteiger partial charge in [0.25, 0.3) is 10.0 Å². The third-order valence-corrected chi connectivity index (χ3v) is 4.93. The Hall–Kier alpha value is -2.31. The van der Waals surface area contributed by atoms with Gasteiger partial charge in [0.1, 0.15) is 6.29 Å². The van der Waals surface area contributed by atoms with Crippen LogP contribution in [-0.2, 0) is 10.0 Å². The van der Waals surface area contributed by atoms with Crippen molar-refractivity contribution in [2.45, 2.75) is 4.90 Å². The number of halogens is 1. The monoisotopic (exact) mass is 334 g/mol. The molecule has 7 heteroatoms. The first-order valence-corrected chi connectivity index (χ1v) is 8.21. The van der Waals surface area contributed by atoms with Gasteiger partial charge in [0.15, 0.2) is 0 Å². The van der Waals surface area contributed by atoms with Crippen molar-refractivity contribution in [2.24, 2.45) is 0 Å². The van der Waals surface area contributed by atoms with Crippen molar-refractivity contribution in [1.29, 1.82) is 0 Å². The minimum atomic E-state index is -3.75. The smallest absolute Gasteiger partial charge is 0.261 e. The molecule has 0 atom stereocenters. The third-order valence-electron chi connectivity index (χ3n) is 3.24. The van der Waals surface area contributed by atoms with Crippen LogP contribution in [-0.4, -0.2) is 19.7 Å². The fourth-order valence-corrected chi connectivity index (χ4v) is 3.42. The molecule has 2 N–H and O–H groups in total. The van der Waals surface area contributed by atoms with Crippen LogP contribution in [0.5, 0.6) is 0 Å². The predicted molar refractivity (Wildman–Crippen MR) is 85.9 cm³/mol. The Labute approximate surface area is 132 Å². The van der Waals surface area contributed by atoms with E-state index in [2.05, 4.69) is 9.71 Å². The van der Waals surface area contributed by atoms with E-state index in [1.54, 1.807) is 24.4 Å². The highest BCUT2D eigenvalue weighted by molar-refractivity contribution is 7.92. The number of benzene rings is 2. The van der Waals surface area contributed by atoms with E-state index in [0.29, 0.717) is 28.1 Å². The number of anilines is 1. The Morgan fingerprint density at radius 3 is 2.50 bits per heavy atom. The van der Waals surface area contributed by atoms with Crippen molar-refractivity contribution in [1.82, 2.24) is 4.98 Å². The summed E-state index contributed by atoms with van der Waals surface area (Å²) in [6.07, 6.45) is 2.26. The lowest BCUT2D eigenvalue weighted by Gasteiger charge is -2.09. The molecule has 5 nitrogen and oxygen atoms in total. The molecule has 0 radical (unpaired) electrons. The average molecular weight is 335 g/mol. The topological polar surface area (TPSA) is 79.0 Å². The molecular formula is C15H11ClN2O3S. The van der Waals surface area contributed by atoms with Crippen LogP contribution in [0.4, 0.5) is 5.69 Å². The van der Waals surface area contributed by atoms with Gasteiger partial charge in [-0.3, -0.25) is 9.52 Å². The summed E-state index contributed by atoms with van der Waals surface area (Å²) >= 11 is 6.02. The number of nitrogens with one attached hydrogen (secondary N) is 2. The van der Waals surface area contributed by atoms with Crippen molar-refractivity contribution < 1.29 is 13.2 Å². The summed E-state index contributed by atoms with van der Waals surface area (Å²) in [6.45, 7) is 0. The minimum absolute atomic E-state index is 0.0766. The Morgan fingerprint density at radius 1 is 1.09 bits per heavy atom. The van der Waals surface area contributed by atoms with Gasteiger partial charge in [0.05, 0.1) is 21.1 Å². The van der Waals surface area contributed by atoms with Gasteiger partial charge >= 0.3 is 0 Å². The van der Waals surface area contributed by atoms with Crippen LogP contribution in [0, 0.1) is 0 Å². The zero-order valence-corrected chi connectivity index (χ0v) is 12.8. The number of carbonyl (C=O) groups is 1. The van der Waals surface area contributed by atoms with E-state index >= 15 is 0 Å². The molecule has 0 fully saturated rings. The van der Waals surface area contributed by atoms with Crippen molar-refractivity contribution in [3.63, 3.8) is 0 Å². The second kappa shape index (κ2) is 5.47. The van der Waals surface area contributed by atoms with Crippen LogP contribution in [0.3, 0.4) is 0 Å². The molecule has 112 valence electrons. The van der Waals surface area contributed by atoms with E-state index in [-0.39, 0.29) is 4.90 Å². The van der Waals surface area contributed by atoms with Gasteiger partial charge in [-0.05, 0) is 18.2 Å². The molecule has 0 amide bonds. The lowest BCUT2D eigenvalue weighted by molar-refractivity contribution is 0.112. The first-order valence-electron chi connectivity index (χ1n) is 6.35. The van der Waals surface area contributed by atoms with Gasteiger partial charge in [-0.1, -0.05) is 35.9 Å². The van der Waals surface area contributed by atoms with E-state index in [9.17, 15) is 13.2 Å². The molecule has 22 heavy (non-hydrogen) atoms. The molecule has 0 aliphatic rings. The average Bonchev–Trinajstić information content (AvgIpc) is 2.90. The molecule has 0 spiro atoms. The lowest BCUT2D eigenvalue weighted by atomic mass is 10.2. The molecule has 1 heterocycles. The summed E-state index contributed by atoms with van der Waals surface area (Å²) in [5, 5.41) is 1.25. The molecule has 0 aliphatic heterocycles. The van der Waals surface area contributed by atoms with Gasteiger partial charge in [0.2, 0.25) is 0 Å². The summed E-state index contributed by atoms with van der Waals surface area (Å²) in [4.78, 5) is 13.6. The van der Waals surface area contributed by atoms with Crippen LogP contribution in [0.25, 0.3) is 10.9 Å². The van der Waals surface area contributed by atoms with E-state index in [1.165, 1.54) is 24.3 Å². The first-order chi connectivity index (χ1) is 10.5. The molecule has 0 bridgehead atoms. The van der Waals surface area contributed by atoms with Crippen molar-refractivity contribution in [3.8, 4) is 0 Å². The van der Waals surface area contributed by atoms with E-state index in [4.69, 9.17) is 11.6 Å².